The number of hydrogen-bond donors (Lipinski definition) is 1. The molecule has 0 saturated heterocycles. The smallest absolute Gasteiger partial charge is 0.416 e. The topological polar surface area (TPSA) is 52.1 Å². The van der Waals surface area contributed by atoms with Crippen LogP contribution in [0.4, 0.5) is 18.9 Å². The van der Waals surface area contributed by atoms with E-state index in [0.29, 0.717) is 29.4 Å². The average Bonchev–Trinajstić information content (AvgIpc) is 2.65. The number of methoxy groups -OCH3 is 2. The third-order valence-corrected chi connectivity index (χ3v) is 3.53. The molecule has 1 N–H and O–H groups in total. The summed E-state index contributed by atoms with van der Waals surface area (Å²) in [5.74, 6) is 1.44. The second kappa shape index (κ2) is 9.16. The Bertz CT molecular complexity index is 767. The number of ether oxygens (including phenoxy) is 3. The van der Waals surface area contributed by atoms with Crippen molar-refractivity contribution in [1.29, 1.82) is 0 Å². The second-order valence-electron chi connectivity index (χ2n) is 5.55. The Morgan fingerprint density at radius 1 is 1.07 bits per heavy atom. The van der Waals surface area contributed by atoms with Gasteiger partial charge < -0.3 is 14.2 Å². The van der Waals surface area contributed by atoms with Crippen LogP contribution in [0.2, 0.25) is 0 Å². The summed E-state index contributed by atoms with van der Waals surface area (Å²) in [5.41, 5.74) is 2.70. The van der Waals surface area contributed by atoms with Gasteiger partial charge in [0.15, 0.2) is 11.5 Å². The zero-order valence-corrected chi connectivity index (χ0v) is 15.3. The van der Waals surface area contributed by atoms with Crippen LogP contribution in [-0.4, -0.2) is 27.0 Å². The minimum Gasteiger partial charge on any atom is -0.493 e. The Morgan fingerprint density at radius 3 is 2.30 bits per heavy atom. The maximum Gasteiger partial charge on any atom is 0.416 e. The molecule has 8 heteroatoms. The normalized spacial score (nSPS) is 11.5. The highest BCUT2D eigenvalue weighted by atomic mass is 19.4. The van der Waals surface area contributed by atoms with Crippen molar-refractivity contribution < 1.29 is 27.4 Å². The number of benzene rings is 2. The molecular formula is C19H21F3N2O3. The summed E-state index contributed by atoms with van der Waals surface area (Å²) in [4.78, 5) is 0. The third-order valence-electron chi connectivity index (χ3n) is 3.53. The minimum absolute atomic E-state index is 0.225. The predicted molar refractivity (Wildman–Crippen MR) is 98.0 cm³/mol. The van der Waals surface area contributed by atoms with E-state index < -0.39 is 11.7 Å². The molecule has 0 fully saturated rings. The van der Waals surface area contributed by atoms with Crippen molar-refractivity contribution in [3.05, 3.63) is 47.5 Å². The lowest BCUT2D eigenvalue weighted by Gasteiger charge is -2.14. The second-order valence-corrected chi connectivity index (χ2v) is 5.55. The Morgan fingerprint density at radius 2 is 1.74 bits per heavy atom. The van der Waals surface area contributed by atoms with Gasteiger partial charge in [0, 0.05) is 5.56 Å². The lowest BCUT2D eigenvalue weighted by molar-refractivity contribution is -0.137. The van der Waals surface area contributed by atoms with E-state index in [9.17, 15) is 13.2 Å². The first-order chi connectivity index (χ1) is 12.9. The lowest BCUT2D eigenvalue weighted by atomic mass is 10.2. The van der Waals surface area contributed by atoms with Gasteiger partial charge in [-0.25, -0.2) is 0 Å². The standard InChI is InChI=1S/C19H21F3N2O3/c1-4-8-27-18-16(25-2)9-13(10-17(18)26-3)12-23-24-15-7-5-6-14(11-15)19(20,21)22/h5-7,9-12,24H,4,8H2,1-3H3. The van der Waals surface area contributed by atoms with Crippen LogP contribution in [0.1, 0.15) is 24.5 Å². The van der Waals surface area contributed by atoms with E-state index in [0.717, 1.165) is 18.6 Å². The summed E-state index contributed by atoms with van der Waals surface area (Å²) in [6, 6.07) is 8.19. The van der Waals surface area contributed by atoms with Crippen LogP contribution in [0, 0.1) is 0 Å². The van der Waals surface area contributed by atoms with Gasteiger partial charge in [0.1, 0.15) is 0 Å². The van der Waals surface area contributed by atoms with Crippen LogP contribution in [0.15, 0.2) is 41.5 Å². The number of halogens is 3. The molecule has 0 aliphatic rings. The fourth-order valence-corrected chi connectivity index (χ4v) is 2.27. The summed E-state index contributed by atoms with van der Waals surface area (Å²) in [7, 11) is 3.02. The van der Waals surface area contributed by atoms with E-state index in [-0.39, 0.29) is 5.69 Å². The van der Waals surface area contributed by atoms with Crippen LogP contribution >= 0.6 is 0 Å². The summed E-state index contributed by atoms with van der Waals surface area (Å²) < 4.78 is 54.5. The summed E-state index contributed by atoms with van der Waals surface area (Å²) in [5, 5.41) is 3.98. The van der Waals surface area contributed by atoms with Crippen LogP contribution in [0.5, 0.6) is 17.2 Å². The fourth-order valence-electron chi connectivity index (χ4n) is 2.27. The fraction of sp³-hybridized carbons (Fsp3) is 0.316. The van der Waals surface area contributed by atoms with Crippen molar-refractivity contribution in [2.24, 2.45) is 5.10 Å². The van der Waals surface area contributed by atoms with Gasteiger partial charge in [0.2, 0.25) is 5.75 Å². The minimum atomic E-state index is -4.41. The van der Waals surface area contributed by atoms with Gasteiger partial charge in [-0.3, -0.25) is 5.43 Å². The quantitative estimate of drug-likeness (QED) is 0.518. The van der Waals surface area contributed by atoms with Gasteiger partial charge in [-0.15, -0.1) is 0 Å². The molecular weight excluding hydrogens is 361 g/mol. The van der Waals surface area contributed by atoms with Crippen LogP contribution in [-0.2, 0) is 6.18 Å². The molecule has 0 atom stereocenters. The van der Waals surface area contributed by atoms with E-state index in [1.54, 1.807) is 12.1 Å². The first-order valence-electron chi connectivity index (χ1n) is 8.24. The highest BCUT2D eigenvalue weighted by molar-refractivity contribution is 5.83. The maximum atomic E-state index is 12.7. The molecule has 2 rings (SSSR count). The van der Waals surface area contributed by atoms with Gasteiger partial charge in [0.25, 0.3) is 0 Å². The summed E-state index contributed by atoms with van der Waals surface area (Å²) in [6.07, 6.45) is -2.12. The molecule has 27 heavy (non-hydrogen) atoms. The van der Waals surface area contributed by atoms with Crippen LogP contribution in [0.3, 0.4) is 0 Å². The average molecular weight is 382 g/mol. The van der Waals surface area contributed by atoms with Crippen LogP contribution in [0.25, 0.3) is 0 Å². The zero-order chi connectivity index (χ0) is 19.9. The molecule has 146 valence electrons. The summed E-state index contributed by atoms with van der Waals surface area (Å²) in [6.45, 7) is 2.50. The SMILES string of the molecule is CCCOc1c(OC)cc(C=NNc2cccc(C(F)(F)F)c2)cc1OC. The number of alkyl halides is 3. The molecule has 2 aromatic carbocycles. The highest BCUT2D eigenvalue weighted by Gasteiger charge is 2.30. The number of anilines is 1. The summed E-state index contributed by atoms with van der Waals surface area (Å²) >= 11 is 0. The molecule has 0 spiro atoms. The van der Waals surface area contributed by atoms with Crippen molar-refractivity contribution in [2.45, 2.75) is 19.5 Å². The molecule has 0 radical (unpaired) electrons. The van der Waals surface area contributed by atoms with Crippen LogP contribution < -0.4 is 19.6 Å². The maximum absolute atomic E-state index is 12.7. The van der Waals surface area contributed by atoms with E-state index in [1.807, 2.05) is 6.92 Å². The molecule has 0 heterocycles. The van der Waals surface area contributed by atoms with E-state index in [2.05, 4.69) is 10.5 Å². The molecule has 0 amide bonds. The third kappa shape index (κ3) is 5.54. The molecule has 2 aromatic rings. The molecule has 0 unspecified atom stereocenters. The molecule has 0 saturated carbocycles. The Labute approximate surface area is 155 Å². The van der Waals surface area contributed by atoms with Gasteiger partial charge in [0.05, 0.1) is 38.3 Å². The predicted octanol–water partition coefficient (Wildman–Crippen LogP) is 4.96. The number of nitrogens with one attached hydrogen (secondary N) is 1. The van der Waals surface area contributed by atoms with E-state index in [1.165, 1.54) is 32.6 Å². The molecule has 0 aliphatic carbocycles. The first kappa shape index (κ1) is 20.4. The lowest BCUT2D eigenvalue weighted by Crippen LogP contribution is -2.05. The number of hydrazone groups is 1. The Kier molecular flexibility index (Phi) is 6.92. The number of rotatable bonds is 8. The van der Waals surface area contributed by atoms with Gasteiger partial charge >= 0.3 is 6.18 Å². The van der Waals surface area contributed by atoms with Crippen molar-refractivity contribution in [3.63, 3.8) is 0 Å². The number of hydrogen-bond acceptors (Lipinski definition) is 5. The van der Waals surface area contributed by atoms with Crippen molar-refractivity contribution in [1.82, 2.24) is 0 Å². The van der Waals surface area contributed by atoms with Gasteiger partial charge in [-0.1, -0.05) is 13.0 Å². The van der Waals surface area contributed by atoms with Crippen molar-refractivity contribution in [3.8, 4) is 17.2 Å². The largest absolute Gasteiger partial charge is 0.493 e. The monoisotopic (exact) mass is 382 g/mol. The van der Waals surface area contributed by atoms with Gasteiger partial charge in [-0.05, 0) is 36.8 Å². The zero-order valence-electron chi connectivity index (χ0n) is 15.3. The van der Waals surface area contributed by atoms with Gasteiger partial charge in [-0.2, -0.15) is 18.3 Å². The molecule has 0 aliphatic heterocycles. The van der Waals surface area contributed by atoms with E-state index in [4.69, 9.17) is 14.2 Å². The Balaban J connectivity index is 2.19. The Hall–Kier alpha value is -2.90. The van der Waals surface area contributed by atoms with Crippen molar-refractivity contribution in [2.75, 3.05) is 26.3 Å². The molecule has 0 aromatic heterocycles. The molecule has 5 nitrogen and oxygen atoms in total. The first-order valence-corrected chi connectivity index (χ1v) is 8.24. The van der Waals surface area contributed by atoms with E-state index >= 15 is 0 Å². The molecule has 0 bridgehead atoms. The highest BCUT2D eigenvalue weighted by Crippen LogP contribution is 2.38. The number of nitrogens with zero attached hydrogens (tertiary/aromatic N) is 1. The van der Waals surface area contributed by atoms with Crippen molar-refractivity contribution >= 4 is 11.9 Å².